The SMILES string of the molecule is CCNC(Cc1sccc1Br)C1CCC(F)(F)CC1. The number of alkyl halides is 2. The number of rotatable bonds is 5. The molecule has 1 aromatic heterocycles. The van der Waals surface area contributed by atoms with Crippen LogP contribution in [0.4, 0.5) is 8.78 Å². The zero-order chi connectivity index (χ0) is 13.9. The van der Waals surface area contributed by atoms with Gasteiger partial charge in [-0.25, -0.2) is 8.78 Å². The van der Waals surface area contributed by atoms with E-state index in [1.165, 1.54) is 4.88 Å². The Hall–Kier alpha value is -0.0000000000000000555. The molecule has 0 bridgehead atoms. The molecule has 108 valence electrons. The Bertz CT molecular complexity index is 398. The lowest BCUT2D eigenvalue weighted by atomic mass is 9.81. The molecule has 0 aliphatic heterocycles. The van der Waals surface area contributed by atoms with Crippen LogP contribution in [0.2, 0.25) is 0 Å². The van der Waals surface area contributed by atoms with Crippen LogP contribution in [0.1, 0.15) is 37.5 Å². The Morgan fingerprint density at radius 1 is 1.47 bits per heavy atom. The molecule has 1 aromatic rings. The Morgan fingerprint density at radius 2 is 2.16 bits per heavy atom. The highest BCUT2D eigenvalue weighted by Gasteiger charge is 2.37. The minimum absolute atomic E-state index is 0.0468. The Labute approximate surface area is 125 Å². The van der Waals surface area contributed by atoms with Crippen LogP contribution in [0.25, 0.3) is 0 Å². The van der Waals surface area contributed by atoms with Crippen molar-refractivity contribution in [2.45, 2.75) is 51.0 Å². The fourth-order valence-corrected chi connectivity index (χ4v) is 4.38. The van der Waals surface area contributed by atoms with Crippen molar-refractivity contribution in [3.05, 3.63) is 20.8 Å². The van der Waals surface area contributed by atoms with E-state index >= 15 is 0 Å². The van der Waals surface area contributed by atoms with Gasteiger partial charge in [-0.15, -0.1) is 11.3 Å². The van der Waals surface area contributed by atoms with Crippen molar-refractivity contribution < 1.29 is 8.78 Å². The van der Waals surface area contributed by atoms with Crippen molar-refractivity contribution >= 4 is 27.3 Å². The van der Waals surface area contributed by atoms with E-state index in [1.807, 2.05) is 0 Å². The first-order valence-corrected chi connectivity index (χ1v) is 8.52. The van der Waals surface area contributed by atoms with E-state index in [0.29, 0.717) is 24.8 Å². The van der Waals surface area contributed by atoms with E-state index in [0.717, 1.165) is 17.4 Å². The Kier molecular flexibility index (Phi) is 5.37. The summed E-state index contributed by atoms with van der Waals surface area (Å²) in [6, 6.07) is 2.37. The molecule has 2 rings (SSSR count). The van der Waals surface area contributed by atoms with Crippen LogP contribution in [0.15, 0.2) is 15.9 Å². The highest BCUT2D eigenvalue weighted by atomic mass is 79.9. The van der Waals surface area contributed by atoms with Crippen molar-refractivity contribution in [2.24, 2.45) is 5.92 Å². The minimum atomic E-state index is -2.43. The predicted octanol–water partition coefficient (Wildman–Crippen LogP) is 4.86. The lowest BCUT2D eigenvalue weighted by Gasteiger charge is -2.34. The molecule has 1 aliphatic rings. The van der Waals surface area contributed by atoms with E-state index in [1.54, 1.807) is 11.3 Å². The van der Waals surface area contributed by atoms with Gasteiger partial charge in [0.25, 0.3) is 0 Å². The quantitative estimate of drug-likeness (QED) is 0.798. The van der Waals surface area contributed by atoms with Crippen molar-refractivity contribution in [3.63, 3.8) is 0 Å². The lowest BCUT2D eigenvalue weighted by molar-refractivity contribution is -0.0494. The van der Waals surface area contributed by atoms with Crippen LogP contribution in [0, 0.1) is 5.92 Å². The molecule has 1 unspecified atom stereocenters. The molecule has 0 radical (unpaired) electrons. The van der Waals surface area contributed by atoms with Gasteiger partial charge in [0.15, 0.2) is 0 Å². The average molecular weight is 352 g/mol. The third-order valence-corrected chi connectivity index (χ3v) is 5.84. The maximum atomic E-state index is 13.2. The van der Waals surface area contributed by atoms with Crippen LogP contribution in [0.5, 0.6) is 0 Å². The second kappa shape index (κ2) is 6.64. The fourth-order valence-electron chi connectivity index (χ4n) is 2.80. The third kappa shape index (κ3) is 4.23. The van der Waals surface area contributed by atoms with E-state index in [-0.39, 0.29) is 12.8 Å². The van der Waals surface area contributed by atoms with E-state index < -0.39 is 5.92 Å². The molecule has 0 saturated heterocycles. The topological polar surface area (TPSA) is 12.0 Å². The molecule has 0 amide bonds. The summed E-state index contributed by atoms with van der Waals surface area (Å²) < 4.78 is 27.6. The van der Waals surface area contributed by atoms with Gasteiger partial charge in [0.05, 0.1) is 0 Å². The first kappa shape index (κ1) is 15.4. The Balaban J connectivity index is 1.98. The molecule has 1 saturated carbocycles. The van der Waals surface area contributed by atoms with E-state index in [9.17, 15) is 8.78 Å². The maximum Gasteiger partial charge on any atom is 0.248 e. The molecule has 1 atom stereocenters. The number of hydrogen-bond donors (Lipinski definition) is 1. The number of likely N-dealkylation sites (N-methyl/N-ethyl adjacent to an activating group) is 1. The number of hydrogen-bond acceptors (Lipinski definition) is 2. The van der Waals surface area contributed by atoms with E-state index in [4.69, 9.17) is 0 Å². The zero-order valence-corrected chi connectivity index (χ0v) is 13.5. The van der Waals surface area contributed by atoms with Gasteiger partial charge in [-0.1, -0.05) is 6.92 Å². The first-order valence-electron chi connectivity index (χ1n) is 6.85. The summed E-state index contributed by atoms with van der Waals surface area (Å²) in [5.41, 5.74) is 0. The van der Waals surface area contributed by atoms with Gasteiger partial charge in [-0.2, -0.15) is 0 Å². The summed E-state index contributed by atoms with van der Waals surface area (Å²) in [6.07, 6.45) is 2.29. The molecule has 1 fully saturated rings. The van der Waals surface area contributed by atoms with Crippen molar-refractivity contribution in [3.8, 4) is 0 Å². The second-order valence-electron chi connectivity index (χ2n) is 5.25. The van der Waals surface area contributed by atoms with Crippen molar-refractivity contribution in [1.29, 1.82) is 0 Å². The normalized spacial score (nSPS) is 21.5. The van der Waals surface area contributed by atoms with Crippen LogP contribution < -0.4 is 5.32 Å². The summed E-state index contributed by atoms with van der Waals surface area (Å²) in [5.74, 6) is -2.06. The van der Waals surface area contributed by atoms with Crippen molar-refractivity contribution in [1.82, 2.24) is 5.32 Å². The van der Waals surface area contributed by atoms with Gasteiger partial charge < -0.3 is 5.32 Å². The molecule has 0 spiro atoms. The van der Waals surface area contributed by atoms with Crippen molar-refractivity contribution in [2.75, 3.05) is 6.54 Å². The minimum Gasteiger partial charge on any atom is -0.314 e. The van der Waals surface area contributed by atoms with Crippen LogP contribution >= 0.6 is 27.3 Å². The summed E-state index contributed by atoms with van der Waals surface area (Å²) in [4.78, 5) is 1.31. The molecule has 1 nitrogen and oxygen atoms in total. The highest BCUT2D eigenvalue weighted by molar-refractivity contribution is 9.10. The highest BCUT2D eigenvalue weighted by Crippen LogP contribution is 2.38. The molecule has 1 aliphatic carbocycles. The second-order valence-corrected chi connectivity index (χ2v) is 7.11. The molecular formula is C14H20BrF2NS. The van der Waals surface area contributed by atoms with Gasteiger partial charge in [0.1, 0.15) is 0 Å². The average Bonchev–Trinajstić information content (AvgIpc) is 2.75. The van der Waals surface area contributed by atoms with Gasteiger partial charge in [-0.3, -0.25) is 0 Å². The zero-order valence-electron chi connectivity index (χ0n) is 11.1. The summed E-state index contributed by atoms with van der Waals surface area (Å²) in [7, 11) is 0. The molecule has 1 heterocycles. The Morgan fingerprint density at radius 3 is 2.68 bits per heavy atom. The van der Waals surface area contributed by atoms with E-state index in [2.05, 4.69) is 39.6 Å². The molecule has 19 heavy (non-hydrogen) atoms. The molecule has 1 N–H and O–H groups in total. The summed E-state index contributed by atoms with van der Waals surface area (Å²) in [6.45, 7) is 2.97. The first-order chi connectivity index (χ1) is 9.02. The van der Waals surface area contributed by atoms with Gasteiger partial charge in [0, 0.05) is 28.2 Å². The van der Waals surface area contributed by atoms with Crippen LogP contribution in [-0.4, -0.2) is 18.5 Å². The lowest BCUT2D eigenvalue weighted by Crippen LogP contribution is -2.41. The standard InChI is InChI=1S/C14H20BrF2NS/c1-2-18-12(9-13-11(15)5-8-19-13)10-3-6-14(16,17)7-4-10/h5,8,10,12,18H,2-4,6-7,9H2,1H3. The monoisotopic (exact) mass is 351 g/mol. The van der Waals surface area contributed by atoms with Crippen LogP contribution in [-0.2, 0) is 6.42 Å². The largest absolute Gasteiger partial charge is 0.314 e. The summed E-state index contributed by atoms with van der Waals surface area (Å²) in [5, 5.41) is 5.55. The predicted molar refractivity (Wildman–Crippen MR) is 80.1 cm³/mol. The molecule has 0 aromatic carbocycles. The molecule has 5 heteroatoms. The third-order valence-electron chi connectivity index (χ3n) is 3.89. The van der Waals surface area contributed by atoms with Gasteiger partial charge in [0.2, 0.25) is 5.92 Å². The number of thiophene rings is 1. The fraction of sp³-hybridized carbons (Fsp3) is 0.714. The van der Waals surface area contributed by atoms with Gasteiger partial charge in [-0.05, 0) is 59.1 Å². The molecular weight excluding hydrogens is 332 g/mol. The number of nitrogens with one attached hydrogen (secondary N) is 1. The van der Waals surface area contributed by atoms with Gasteiger partial charge >= 0.3 is 0 Å². The summed E-state index contributed by atoms with van der Waals surface area (Å²) >= 11 is 5.28. The number of halogens is 3. The van der Waals surface area contributed by atoms with Crippen LogP contribution in [0.3, 0.4) is 0 Å². The maximum absolute atomic E-state index is 13.2. The smallest absolute Gasteiger partial charge is 0.248 e.